The van der Waals surface area contributed by atoms with E-state index >= 15 is 0 Å². The summed E-state index contributed by atoms with van der Waals surface area (Å²) in [4.78, 5) is 19.9. The highest BCUT2D eigenvalue weighted by Gasteiger charge is 2.27. The van der Waals surface area contributed by atoms with Crippen molar-refractivity contribution >= 4 is 5.97 Å². The van der Waals surface area contributed by atoms with Crippen LogP contribution in [0.25, 0.3) is 34.1 Å². The number of rotatable bonds is 6. The number of carboxylic acids is 1. The third kappa shape index (κ3) is 3.43. The first kappa shape index (κ1) is 19.4. The largest absolute Gasteiger partial charge is 0.480 e. The van der Waals surface area contributed by atoms with Crippen molar-refractivity contribution in [3.05, 3.63) is 60.6 Å². The summed E-state index contributed by atoms with van der Waals surface area (Å²) in [7, 11) is 0. The van der Waals surface area contributed by atoms with Gasteiger partial charge in [0.05, 0.1) is 23.0 Å². The number of aliphatic carboxylic acids is 1. The molecule has 30 heavy (non-hydrogen) atoms. The van der Waals surface area contributed by atoms with Crippen LogP contribution in [0, 0.1) is 11.6 Å². The molecule has 4 rings (SSSR count). The van der Waals surface area contributed by atoms with E-state index in [9.17, 15) is 18.7 Å². The maximum Gasteiger partial charge on any atom is 0.328 e. The van der Waals surface area contributed by atoms with Gasteiger partial charge in [-0.1, -0.05) is 12.1 Å². The molecular weight excluding hydrogens is 396 g/mol. The highest BCUT2D eigenvalue weighted by Crippen LogP contribution is 2.34. The predicted molar refractivity (Wildman–Crippen MR) is 101 cm³/mol. The molecule has 0 bridgehead atoms. The van der Waals surface area contributed by atoms with Crippen molar-refractivity contribution in [2.75, 3.05) is 0 Å². The van der Waals surface area contributed by atoms with E-state index in [1.165, 1.54) is 10.9 Å². The Labute approximate surface area is 168 Å². The molecule has 3 heterocycles. The van der Waals surface area contributed by atoms with Gasteiger partial charge in [-0.05, 0) is 36.8 Å². The molecule has 152 valence electrons. The minimum atomic E-state index is -1.05. The highest BCUT2D eigenvalue weighted by atomic mass is 19.1. The van der Waals surface area contributed by atoms with E-state index in [1.807, 2.05) is 0 Å². The first-order valence-electron chi connectivity index (χ1n) is 8.99. The molecule has 8 nitrogen and oxygen atoms in total. The fourth-order valence-corrected chi connectivity index (χ4v) is 3.12. The number of benzene rings is 1. The van der Waals surface area contributed by atoms with Crippen LogP contribution in [0.15, 0.2) is 53.4 Å². The molecule has 10 heteroatoms. The standard InChI is InChI=1S/C20H15F2N5O3/c1-2-16(20(28)29)27-17(11-5-7-23-8-6-11)14(10-24-27)19-25-18(26-30-19)13-9-12(21)3-4-15(13)22/h3-10,16H,2H2,1H3,(H,28,29). The molecule has 1 atom stereocenters. The van der Waals surface area contributed by atoms with Crippen LogP contribution in [0.5, 0.6) is 0 Å². The molecule has 4 aromatic rings. The fourth-order valence-electron chi connectivity index (χ4n) is 3.12. The average molecular weight is 411 g/mol. The molecule has 0 spiro atoms. The fraction of sp³-hybridized carbons (Fsp3) is 0.150. The van der Waals surface area contributed by atoms with Gasteiger partial charge in [0.25, 0.3) is 5.89 Å². The predicted octanol–water partition coefficient (Wildman–Crippen LogP) is 3.98. The topological polar surface area (TPSA) is 107 Å². The van der Waals surface area contributed by atoms with Gasteiger partial charge >= 0.3 is 5.97 Å². The first-order valence-corrected chi connectivity index (χ1v) is 8.99. The second-order valence-electron chi connectivity index (χ2n) is 6.40. The Bertz CT molecular complexity index is 1210. The van der Waals surface area contributed by atoms with Crippen LogP contribution in [0.1, 0.15) is 19.4 Å². The van der Waals surface area contributed by atoms with Crippen molar-refractivity contribution < 1.29 is 23.2 Å². The summed E-state index contributed by atoms with van der Waals surface area (Å²) in [6.45, 7) is 1.73. The molecule has 1 unspecified atom stereocenters. The van der Waals surface area contributed by atoms with Gasteiger partial charge in [-0.25, -0.2) is 18.3 Å². The summed E-state index contributed by atoms with van der Waals surface area (Å²) in [5.74, 6) is -2.54. The quantitative estimate of drug-likeness (QED) is 0.511. The van der Waals surface area contributed by atoms with Crippen LogP contribution in [0.4, 0.5) is 8.78 Å². The van der Waals surface area contributed by atoms with Gasteiger partial charge in [-0.2, -0.15) is 10.1 Å². The SMILES string of the molecule is CCC(C(=O)O)n1ncc(-c2nc(-c3cc(F)ccc3F)no2)c1-c1ccncc1. The smallest absolute Gasteiger partial charge is 0.328 e. The van der Waals surface area contributed by atoms with Gasteiger partial charge in [0, 0.05) is 18.0 Å². The Morgan fingerprint density at radius 2 is 1.97 bits per heavy atom. The van der Waals surface area contributed by atoms with E-state index in [1.54, 1.807) is 31.5 Å². The third-order valence-electron chi connectivity index (χ3n) is 4.54. The maximum atomic E-state index is 14.1. The Kier molecular flexibility index (Phi) is 5.05. The number of hydrogen-bond acceptors (Lipinski definition) is 6. The van der Waals surface area contributed by atoms with E-state index in [2.05, 4.69) is 20.2 Å². The van der Waals surface area contributed by atoms with E-state index in [4.69, 9.17) is 4.52 Å². The van der Waals surface area contributed by atoms with Crippen molar-refractivity contribution in [3.63, 3.8) is 0 Å². The van der Waals surface area contributed by atoms with Crippen molar-refractivity contribution in [2.45, 2.75) is 19.4 Å². The molecule has 1 N–H and O–H groups in total. The van der Waals surface area contributed by atoms with Gasteiger partial charge < -0.3 is 9.63 Å². The molecule has 0 aliphatic heterocycles. The zero-order valence-corrected chi connectivity index (χ0v) is 15.7. The van der Waals surface area contributed by atoms with Crippen molar-refractivity contribution in [2.24, 2.45) is 0 Å². The van der Waals surface area contributed by atoms with Crippen molar-refractivity contribution in [1.82, 2.24) is 24.9 Å². The number of pyridine rings is 1. The lowest BCUT2D eigenvalue weighted by Crippen LogP contribution is -2.20. The molecule has 0 aliphatic rings. The molecule has 3 aromatic heterocycles. The van der Waals surface area contributed by atoms with E-state index < -0.39 is 23.6 Å². The number of carbonyl (C=O) groups is 1. The maximum absolute atomic E-state index is 14.1. The molecule has 0 saturated heterocycles. The Morgan fingerprint density at radius 3 is 2.67 bits per heavy atom. The first-order chi connectivity index (χ1) is 14.5. The molecule has 1 aromatic carbocycles. The van der Waals surface area contributed by atoms with Gasteiger partial charge in [-0.15, -0.1) is 0 Å². The van der Waals surface area contributed by atoms with Gasteiger partial charge in [0.1, 0.15) is 17.7 Å². The van der Waals surface area contributed by atoms with Crippen molar-refractivity contribution in [3.8, 4) is 34.1 Å². The second-order valence-corrected chi connectivity index (χ2v) is 6.40. The summed E-state index contributed by atoms with van der Waals surface area (Å²) >= 11 is 0. The van der Waals surface area contributed by atoms with E-state index in [0.717, 1.165) is 18.2 Å². The minimum absolute atomic E-state index is 0.00744. The third-order valence-corrected chi connectivity index (χ3v) is 4.54. The second kappa shape index (κ2) is 7.82. The molecule has 0 fully saturated rings. The van der Waals surface area contributed by atoms with Gasteiger partial charge in [0.15, 0.2) is 0 Å². The highest BCUT2D eigenvalue weighted by molar-refractivity contribution is 5.80. The zero-order valence-electron chi connectivity index (χ0n) is 15.7. The summed E-state index contributed by atoms with van der Waals surface area (Å²) in [6.07, 6.45) is 4.80. The lowest BCUT2D eigenvalue weighted by atomic mass is 10.1. The monoisotopic (exact) mass is 411 g/mol. The van der Waals surface area contributed by atoms with Gasteiger partial charge in [-0.3, -0.25) is 4.98 Å². The molecule has 0 amide bonds. The average Bonchev–Trinajstić information content (AvgIpc) is 3.38. The summed E-state index contributed by atoms with van der Waals surface area (Å²) in [6, 6.07) is 5.38. The number of carboxylic acid groups (broad SMARTS) is 1. The lowest BCUT2D eigenvalue weighted by Gasteiger charge is -2.15. The van der Waals surface area contributed by atoms with Crippen LogP contribution in [0.2, 0.25) is 0 Å². The number of nitrogens with zero attached hydrogens (tertiary/aromatic N) is 5. The molecular formula is C20H15F2N5O3. The van der Waals surface area contributed by atoms with E-state index in [0.29, 0.717) is 16.8 Å². The Balaban J connectivity index is 1.86. The molecule has 0 radical (unpaired) electrons. The molecule has 0 saturated carbocycles. The van der Waals surface area contributed by atoms with Gasteiger partial charge in [0.2, 0.25) is 5.82 Å². The minimum Gasteiger partial charge on any atom is -0.480 e. The van der Waals surface area contributed by atoms with Crippen LogP contribution in [-0.4, -0.2) is 36.0 Å². The summed E-state index contributed by atoms with van der Waals surface area (Å²) in [5.41, 5.74) is 1.27. The summed E-state index contributed by atoms with van der Waals surface area (Å²) in [5, 5.41) is 17.6. The summed E-state index contributed by atoms with van der Waals surface area (Å²) < 4.78 is 34.2. The number of halogens is 2. The molecule has 0 aliphatic carbocycles. The van der Waals surface area contributed by atoms with Crippen molar-refractivity contribution in [1.29, 1.82) is 0 Å². The van der Waals surface area contributed by atoms with Crippen LogP contribution < -0.4 is 0 Å². The van der Waals surface area contributed by atoms with Crippen LogP contribution >= 0.6 is 0 Å². The zero-order chi connectivity index (χ0) is 21.3. The normalized spacial score (nSPS) is 12.1. The van der Waals surface area contributed by atoms with E-state index in [-0.39, 0.29) is 23.7 Å². The Morgan fingerprint density at radius 1 is 1.20 bits per heavy atom. The van der Waals surface area contributed by atoms with Crippen LogP contribution in [-0.2, 0) is 4.79 Å². The number of aromatic nitrogens is 5. The Hall–Kier alpha value is -3.95. The lowest BCUT2D eigenvalue weighted by molar-refractivity contribution is -0.141. The van der Waals surface area contributed by atoms with Crippen LogP contribution in [0.3, 0.4) is 0 Å². The number of hydrogen-bond donors (Lipinski definition) is 1.